The Balaban J connectivity index is 1.97. The Morgan fingerprint density at radius 2 is 1.72 bits per heavy atom. The predicted molar refractivity (Wildman–Crippen MR) is 101 cm³/mol. The van der Waals surface area contributed by atoms with E-state index in [9.17, 15) is 9.59 Å². The van der Waals surface area contributed by atoms with Gasteiger partial charge in [0.2, 0.25) is 0 Å². The average molecular weight is 378 g/mol. The van der Waals surface area contributed by atoms with Crippen LogP contribution in [0, 0.1) is 6.92 Å². The van der Waals surface area contributed by atoms with E-state index in [4.69, 9.17) is 27.9 Å². The van der Waals surface area contributed by atoms with Crippen molar-refractivity contribution in [1.82, 2.24) is 0 Å². The van der Waals surface area contributed by atoms with Gasteiger partial charge in [-0.15, -0.1) is 0 Å². The summed E-state index contributed by atoms with van der Waals surface area (Å²) < 4.78 is 5.10. The molecule has 2 rings (SSSR count). The summed E-state index contributed by atoms with van der Waals surface area (Å²) in [5.41, 5.74) is 2.22. The highest BCUT2D eigenvalue weighted by molar-refractivity contribution is 6.39. The predicted octanol–water partition coefficient (Wildman–Crippen LogP) is 4.89. The number of hydrogen-bond donors (Lipinski definition) is 1. The van der Waals surface area contributed by atoms with Crippen molar-refractivity contribution in [2.45, 2.75) is 20.0 Å². The third-order valence-corrected chi connectivity index (χ3v) is 4.09. The fourth-order valence-electron chi connectivity index (χ4n) is 2.04. The fraction of sp³-hybridized carbons (Fsp3) is 0.158. The van der Waals surface area contributed by atoms with E-state index in [2.05, 4.69) is 5.32 Å². The SMILES string of the molecule is Cc1ccccc1/C=C/C(=O)O[C@H](C)C(=O)Nc1c(Cl)cccc1Cl. The molecule has 0 bridgehead atoms. The topological polar surface area (TPSA) is 55.4 Å². The number of ether oxygens (including phenoxy) is 1. The van der Waals surface area contributed by atoms with Gasteiger partial charge in [0.1, 0.15) is 0 Å². The van der Waals surface area contributed by atoms with Gasteiger partial charge in [0, 0.05) is 6.08 Å². The number of hydrogen-bond acceptors (Lipinski definition) is 3. The minimum absolute atomic E-state index is 0.286. The Hall–Kier alpha value is -2.30. The zero-order valence-electron chi connectivity index (χ0n) is 13.8. The summed E-state index contributed by atoms with van der Waals surface area (Å²) in [7, 11) is 0. The molecule has 4 nitrogen and oxygen atoms in total. The second-order valence-corrected chi connectivity index (χ2v) is 6.17. The number of para-hydroxylation sites is 1. The number of esters is 1. The van der Waals surface area contributed by atoms with Crippen LogP contribution in [0.3, 0.4) is 0 Å². The molecule has 0 aliphatic carbocycles. The molecule has 2 aromatic carbocycles. The molecule has 0 spiro atoms. The smallest absolute Gasteiger partial charge is 0.331 e. The van der Waals surface area contributed by atoms with E-state index in [-0.39, 0.29) is 5.69 Å². The Morgan fingerprint density at radius 3 is 2.36 bits per heavy atom. The highest BCUT2D eigenvalue weighted by Gasteiger charge is 2.19. The maximum atomic E-state index is 12.2. The lowest BCUT2D eigenvalue weighted by molar-refractivity contribution is -0.148. The number of halogens is 2. The molecule has 0 aromatic heterocycles. The highest BCUT2D eigenvalue weighted by Crippen LogP contribution is 2.29. The van der Waals surface area contributed by atoms with Crippen LogP contribution in [0.15, 0.2) is 48.5 Å². The van der Waals surface area contributed by atoms with Crippen molar-refractivity contribution < 1.29 is 14.3 Å². The number of carbonyl (C=O) groups is 2. The van der Waals surface area contributed by atoms with Gasteiger partial charge < -0.3 is 10.1 Å². The Morgan fingerprint density at radius 1 is 1.08 bits per heavy atom. The van der Waals surface area contributed by atoms with Crippen molar-refractivity contribution in [2.75, 3.05) is 5.32 Å². The number of aryl methyl sites for hydroxylation is 1. The monoisotopic (exact) mass is 377 g/mol. The summed E-state index contributed by atoms with van der Waals surface area (Å²) in [6, 6.07) is 12.5. The molecule has 0 aliphatic rings. The molecule has 25 heavy (non-hydrogen) atoms. The summed E-state index contributed by atoms with van der Waals surface area (Å²) in [6.07, 6.45) is 1.93. The zero-order valence-corrected chi connectivity index (χ0v) is 15.3. The molecular weight excluding hydrogens is 361 g/mol. The third-order valence-electron chi connectivity index (χ3n) is 3.46. The highest BCUT2D eigenvalue weighted by atomic mass is 35.5. The van der Waals surface area contributed by atoms with Gasteiger partial charge in [-0.1, -0.05) is 53.5 Å². The summed E-state index contributed by atoms with van der Waals surface area (Å²) in [5.74, 6) is -1.14. The first kappa shape index (κ1) is 19.0. The maximum absolute atomic E-state index is 12.2. The van der Waals surface area contributed by atoms with Crippen molar-refractivity contribution in [3.63, 3.8) is 0 Å². The first-order valence-corrected chi connectivity index (χ1v) is 8.33. The number of anilines is 1. The molecule has 0 saturated carbocycles. The van der Waals surface area contributed by atoms with Crippen LogP contribution < -0.4 is 5.32 Å². The third kappa shape index (κ3) is 5.34. The van der Waals surface area contributed by atoms with Gasteiger partial charge in [0.05, 0.1) is 15.7 Å². The van der Waals surface area contributed by atoms with Crippen LogP contribution in [0.2, 0.25) is 10.0 Å². The van der Waals surface area contributed by atoms with Gasteiger partial charge in [-0.3, -0.25) is 4.79 Å². The van der Waals surface area contributed by atoms with E-state index in [0.717, 1.165) is 11.1 Å². The quantitative estimate of drug-likeness (QED) is 0.596. The van der Waals surface area contributed by atoms with Crippen LogP contribution in [0.4, 0.5) is 5.69 Å². The number of rotatable bonds is 5. The van der Waals surface area contributed by atoms with Crippen molar-refractivity contribution >= 4 is 46.8 Å². The molecule has 6 heteroatoms. The molecule has 1 N–H and O–H groups in total. The summed E-state index contributed by atoms with van der Waals surface area (Å²) in [4.78, 5) is 24.0. The van der Waals surface area contributed by atoms with Gasteiger partial charge in [0.25, 0.3) is 5.91 Å². The number of carbonyl (C=O) groups excluding carboxylic acids is 2. The lowest BCUT2D eigenvalue weighted by Gasteiger charge is -2.14. The molecule has 0 fully saturated rings. The Labute approximate surface area is 156 Å². The maximum Gasteiger partial charge on any atom is 0.331 e. The molecule has 0 heterocycles. The number of nitrogens with one attached hydrogen (secondary N) is 1. The van der Waals surface area contributed by atoms with E-state index in [1.54, 1.807) is 24.3 Å². The molecule has 1 atom stereocenters. The zero-order chi connectivity index (χ0) is 18.4. The minimum Gasteiger partial charge on any atom is -0.449 e. The van der Waals surface area contributed by atoms with Crippen molar-refractivity contribution in [1.29, 1.82) is 0 Å². The molecule has 130 valence electrons. The van der Waals surface area contributed by atoms with Crippen LogP contribution in [0.5, 0.6) is 0 Å². The molecule has 1 amide bonds. The number of amides is 1. The van der Waals surface area contributed by atoms with Gasteiger partial charge in [0.15, 0.2) is 6.10 Å². The van der Waals surface area contributed by atoms with Crippen molar-refractivity contribution in [3.8, 4) is 0 Å². The van der Waals surface area contributed by atoms with Gasteiger partial charge in [-0.2, -0.15) is 0 Å². The molecule has 0 aliphatic heterocycles. The van der Waals surface area contributed by atoms with Crippen LogP contribution >= 0.6 is 23.2 Å². The van der Waals surface area contributed by atoms with Gasteiger partial charge >= 0.3 is 5.97 Å². The second kappa shape index (κ2) is 8.70. The van der Waals surface area contributed by atoms with Crippen molar-refractivity contribution in [2.24, 2.45) is 0 Å². The molecule has 0 saturated heterocycles. The second-order valence-electron chi connectivity index (χ2n) is 5.35. The van der Waals surface area contributed by atoms with E-state index in [1.807, 2.05) is 31.2 Å². The van der Waals surface area contributed by atoms with Crippen LogP contribution in [0.1, 0.15) is 18.1 Å². The Kier molecular flexibility index (Phi) is 6.62. The van der Waals surface area contributed by atoms with E-state index >= 15 is 0 Å². The van der Waals surface area contributed by atoms with Crippen molar-refractivity contribution in [3.05, 3.63) is 69.7 Å². The summed E-state index contributed by atoms with van der Waals surface area (Å²) in [6.45, 7) is 3.41. The first-order chi connectivity index (χ1) is 11.9. The van der Waals surface area contributed by atoms with Gasteiger partial charge in [-0.25, -0.2) is 4.79 Å². The average Bonchev–Trinajstić information content (AvgIpc) is 2.57. The minimum atomic E-state index is -0.999. The first-order valence-electron chi connectivity index (χ1n) is 7.57. The number of benzene rings is 2. The molecule has 0 radical (unpaired) electrons. The lowest BCUT2D eigenvalue weighted by Crippen LogP contribution is -2.29. The molecular formula is C19H17Cl2NO3. The van der Waals surface area contributed by atoms with E-state index in [0.29, 0.717) is 10.0 Å². The summed E-state index contributed by atoms with van der Waals surface area (Å²) in [5, 5.41) is 3.17. The van der Waals surface area contributed by atoms with Crippen LogP contribution in [0.25, 0.3) is 6.08 Å². The van der Waals surface area contributed by atoms with Gasteiger partial charge in [-0.05, 0) is 43.2 Å². The standard InChI is InChI=1S/C19H17Cl2NO3/c1-12-6-3-4-7-14(12)10-11-17(23)25-13(2)19(24)22-18-15(20)8-5-9-16(18)21/h3-11,13H,1-2H3,(H,22,24)/b11-10+/t13-/m1/s1. The summed E-state index contributed by atoms with van der Waals surface area (Å²) >= 11 is 12.0. The van der Waals surface area contributed by atoms with E-state index < -0.39 is 18.0 Å². The van der Waals surface area contributed by atoms with Crippen LogP contribution in [-0.2, 0) is 14.3 Å². The van der Waals surface area contributed by atoms with Crippen LogP contribution in [-0.4, -0.2) is 18.0 Å². The molecule has 2 aromatic rings. The Bertz CT molecular complexity index is 798. The fourth-order valence-corrected chi connectivity index (χ4v) is 2.53. The molecule has 0 unspecified atom stereocenters. The lowest BCUT2D eigenvalue weighted by atomic mass is 10.1. The van der Waals surface area contributed by atoms with E-state index in [1.165, 1.54) is 13.0 Å². The largest absolute Gasteiger partial charge is 0.449 e. The normalized spacial score (nSPS) is 12.0.